The molecule has 2 N–H and O–H groups in total. The summed E-state index contributed by atoms with van der Waals surface area (Å²) in [7, 11) is 0. The maximum absolute atomic E-state index is 13.9. The van der Waals surface area contributed by atoms with Gasteiger partial charge < -0.3 is 14.9 Å². The van der Waals surface area contributed by atoms with Gasteiger partial charge >= 0.3 is 0 Å². The SMILES string of the molecule is O=C1CC[C@@H](N2C(=O)c3cc4c(cc3C2=O)CN(CC(=O)N2CC3(CCN(c5ccc([C@@H]6c7ccc(O)cc7CC[C@@H]6c6ccc(F)cc6)cc5)CC3)C2)CC4)C(=O)N1. The molecule has 10 rings (SSSR count). The maximum Gasteiger partial charge on any atom is 0.262 e. The number of imide groups is 2. The fourth-order valence-corrected chi connectivity index (χ4v) is 10.7. The number of phenolic OH excluding ortho intramolecular Hbond substituents is 1. The summed E-state index contributed by atoms with van der Waals surface area (Å²) >= 11 is 0. The maximum atomic E-state index is 13.9. The zero-order valence-corrected chi connectivity index (χ0v) is 32.8. The molecule has 1 aliphatic carbocycles. The quantitative estimate of drug-likeness (QED) is 0.253. The number of anilines is 1. The number of nitrogens with zero attached hydrogens (tertiary/aromatic N) is 4. The van der Waals surface area contributed by atoms with Crippen LogP contribution in [0.3, 0.4) is 0 Å². The van der Waals surface area contributed by atoms with Crippen molar-refractivity contribution in [3.05, 3.63) is 129 Å². The van der Waals surface area contributed by atoms with Gasteiger partial charge in [-0.05, 0) is 126 Å². The topological polar surface area (TPSA) is 131 Å². The van der Waals surface area contributed by atoms with Crippen LogP contribution in [0.25, 0.3) is 0 Å². The van der Waals surface area contributed by atoms with Gasteiger partial charge in [-0.2, -0.15) is 0 Å². The van der Waals surface area contributed by atoms with Crippen LogP contribution >= 0.6 is 0 Å². The van der Waals surface area contributed by atoms with Gasteiger partial charge in [-0.3, -0.25) is 39.1 Å². The zero-order chi connectivity index (χ0) is 40.6. The minimum absolute atomic E-state index is 0.0723. The molecule has 6 aliphatic rings. The van der Waals surface area contributed by atoms with E-state index in [9.17, 15) is 33.5 Å². The number of hydrogen-bond acceptors (Lipinski definition) is 8. The molecular formula is C47H46FN5O6. The van der Waals surface area contributed by atoms with Gasteiger partial charge in [0.15, 0.2) is 0 Å². The first-order valence-corrected chi connectivity index (χ1v) is 20.8. The van der Waals surface area contributed by atoms with Gasteiger partial charge in [0.05, 0.1) is 17.7 Å². The number of carbonyl (C=O) groups is 5. The molecular weight excluding hydrogens is 750 g/mol. The van der Waals surface area contributed by atoms with E-state index >= 15 is 0 Å². The Bertz CT molecular complexity index is 2400. The summed E-state index contributed by atoms with van der Waals surface area (Å²) in [5, 5.41) is 12.5. The highest BCUT2D eigenvalue weighted by molar-refractivity contribution is 6.23. The van der Waals surface area contributed by atoms with Gasteiger partial charge in [0.2, 0.25) is 17.7 Å². The molecule has 3 fully saturated rings. The van der Waals surface area contributed by atoms with Crippen molar-refractivity contribution in [1.29, 1.82) is 0 Å². The number of aromatic hydroxyl groups is 1. The second-order valence-corrected chi connectivity index (χ2v) is 17.5. The van der Waals surface area contributed by atoms with Crippen molar-refractivity contribution in [2.24, 2.45) is 5.41 Å². The summed E-state index contributed by atoms with van der Waals surface area (Å²) in [5.74, 6) is -1.62. The lowest BCUT2D eigenvalue weighted by Crippen LogP contribution is -2.63. The molecule has 3 saturated heterocycles. The second kappa shape index (κ2) is 14.4. The van der Waals surface area contributed by atoms with E-state index in [-0.39, 0.29) is 59.7 Å². The molecule has 1 spiro atoms. The summed E-state index contributed by atoms with van der Waals surface area (Å²) in [6, 6.07) is 24.0. The van der Waals surface area contributed by atoms with Crippen molar-refractivity contribution in [3.8, 4) is 5.75 Å². The molecule has 0 bridgehead atoms. The normalized spacial score (nSPS) is 23.7. The van der Waals surface area contributed by atoms with Crippen LogP contribution in [0, 0.1) is 11.2 Å². The molecule has 5 amide bonds. The number of aryl methyl sites for hydroxylation is 1. The number of carbonyl (C=O) groups excluding carboxylic acids is 5. The Morgan fingerprint density at radius 1 is 0.763 bits per heavy atom. The van der Waals surface area contributed by atoms with E-state index in [0.29, 0.717) is 25.1 Å². The first kappa shape index (κ1) is 37.4. The van der Waals surface area contributed by atoms with Crippen LogP contribution in [0.1, 0.15) is 98.0 Å². The van der Waals surface area contributed by atoms with E-state index in [2.05, 4.69) is 39.4 Å². The second-order valence-electron chi connectivity index (χ2n) is 17.5. The summed E-state index contributed by atoms with van der Waals surface area (Å²) in [6.45, 7) is 4.78. The Kier molecular flexibility index (Phi) is 9.15. The molecule has 0 saturated carbocycles. The Morgan fingerprint density at radius 3 is 2.17 bits per heavy atom. The smallest absolute Gasteiger partial charge is 0.262 e. The van der Waals surface area contributed by atoms with Gasteiger partial charge in [0.25, 0.3) is 11.8 Å². The lowest BCUT2D eigenvalue weighted by atomic mass is 9.69. The molecule has 4 aromatic rings. The van der Waals surface area contributed by atoms with Crippen molar-refractivity contribution in [1.82, 2.24) is 20.0 Å². The molecule has 11 nitrogen and oxygen atoms in total. The average Bonchev–Trinajstić information content (AvgIpc) is 3.46. The number of halogens is 1. The van der Waals surface area contributed by atoms with Crippen molar-refractivity contribution in [2.45, 2.75) is 69.4 Å². The predicted molar refractivity (Wildman–Crippen MR) is 216 cm³/mol. The standard InChI is InChI=1S/C47H46FN5O6/c48-33-6-1-28(2-7-33)36-11-5-31-21-35(54)10-12-37(31)43(36)29-3-8-34(9-4-29)51-19-16-47(17-20-51)26-52(27-47)42(56)25-50-18-15-30-22-38-39(23-32(30)24-50)46(59)53(45(38)58)40-13-14-41(55)49-44(40)57/h1-4,6-10,12,21-23,36,40,43,54H,5,11,13-20,24-27H2,(H,49,55,57)/t36-,40-,43+/m1/s1. The lowest BCUT2D eigenvalue weighted by molar-refractivity contribution is -0.146. The van der Waals surface area contributed by atoms with Crippen molar-refractivity contribution < 1.29 is 33.5 Å². The van der Waals surface area contributed by atoms with Crippen LogP contribution in [0.4, 0.5) is 10.1 Å². The summed E-state index contributed by atoms with van der Waals surface area (Å²) < 4.78 is 13.9. The van der Waals surface area contributed by atoms with Crippen molar-refractivity contribution in [2.75, 3.05) is 44.2 Å². The Morgan fingerprint density at radius 2 is 1.46 bits per heavy atom. The molecule has 12 heteroatoms. The van der Waals surface area contributed by atoms with Crippen LogP contribution in [0.15, 0.2) is 78.9 Å². The van der Waals surface area contributed by atoms with Crippen molar-refractivity contribution >= 4 is 35.2 Å². The minimum atomic E-state index is -1.00. The van der Waals surface area contributed by atoms with E-state index in [0.717, 1.165) is 79.0 Å². The molecule has 4 aromatic carbocycles. The fourth-order valence-electron chi connectivity index (χ4n) is 10.7. The highest BCUT2D eigenvalue weighted by atomic mass is 19.1. The number of amides is 5. The highest BCUT2D eigenvalue weighted by Crippen LogP contribution is 2.48. The summed E-state index contributed by atoms with van der Waals surface area (Å²) in [5.41, 5.74) is 8.45. The first-order chi connectivity index (χ1) is 28.5. The fraction of sp³-hybridized carbons (Fsp3) is 0.383. The number of likely N-dealkylation sites (tertiary alicyclic amines) is 1. The molecule has 0 aromatic heterocycles. The number of hydrogen-bond donors (Lipinski definition) is 2. The Labute approximate surface area is 341 Å². The lowest BCUT2D eigenvalue weighted by Gasteiger charge is -2.54. The third kappa shape index (κ3) is 6.67. The molecule has 5 aliphatic heterocycles. The number of benzene rings is 4. The van der Waals surface area contributed by atoms with Gasteiger partial charge in [-0.1, -0.05) is 30.3 Å². The number of rotatable bonds is 6. The van der Waals surface area contributed by atoms with Crippen molar-refractivity contribution in [3.63, 3.8) is 0 Å². The molecule has 5 heterocycles. The van der Waals surface area contributed by atoms with Crippen LogP contribution in [0.2, 0.25) is 0 Å². The van der Waals surface area contributed by atoms with Gasteiger partial charge in [0.1, 0.15) is 17.6 Å². The van der Waals surface area contributed by atoms with E-state index in [4.69, 9.17) is 0 Å². The Balaban J connectivity index is 0.745. The zero-order valence-electron chi connectivity index (χ0n) is 32.8. The minimum Gasteiger partial charge on any atom is -0.508 e. The van der Waals surface area contributed by atoms with E-state index in [1.54, 1.807) is 30.3 Å². The molecule has 0 unspecified atom stereocenters. The van der Waals surface area contributed by atoms with Crippen LogP contribution in [0.5, 0.6) is 5.75 Å². The van der Waals surface area contributed by atoms with Crippen LogP contribution in [-0.4, -0.2) is 94.7 Å². The summed E-state index contributed by atoms with van der Waals surface area (Å²) in [4.78, 5) is 71.9. The van der Waals surface area contributed by atoms with E-state index < -0.39 is 29.7 Å². The summed E-state index contributed by atoms with van der Waals surface area (Å²) in [6.07, 6.45) is 4.62. The number of nitrogens with one attached hydrogen (secondary N) is 1. The number of piperidine rings is 2. The number of fused-ring (bicyclic) bond motifs is 3. The van der Waals surface area contributed by atoms with Gasteiger partial charge in [0, 0.05) is 62.7 Å². The van der Waals surface area contributed by atoms with E-state index in [1.165, 1.54) is 16.8 Å². The Hall–Kier alpha value is -5.88. The van der Waals surface area contributed by atoms with Gasteiger partial charge in [-0.15, -0.1) is 0 Å². The van der Waals surface area contributed by atoms with Crippen LogP contribution < -0.4 is 10.2 Å². The molecule has 59 heavy (non-hydrogen) atoms. The monoisotopic (exact) mass is 795 g/mol. The average molecular weight is 796 g/mol. The number of phenols is 1. The largest absolute Gasteiger partial charge is 0.508 e. The van der Waals surface area contributed by atoms with E-state index in [1.807, 2.05) is 29.2 Å². The van der Waals surface area contributed by atoms with Gasteiger partial charge in [-0.25, -0.2) is 4.39 Å². The molecule has 0 radical (unpaired) electrons. The third-order valence-corrected chi connectivity index (χ3v) is 13.9. The van der Waals surface area contributed by atoms with Crippen LogP contribution in [-0.2, 0) is 33.8 Å². The highest BCUT2D eigenvalue weighted by Gasteiger charge is 2.48. The molecule has 302 valence electrons. The third-order valence-electron chi connectivity index (χ3n) is 13.9. The molecule has 3 atom stereocenters. The first-order valence-electron chi connectivity index (χ1n) is 20.8. The predicted octanol–water partition coefficient (Wildman–Crippen LogP) is 5.28.